The molecule has 2 unspecified atom stereocenters. The number of rotatable bonds is 11. The minimum Gasteiger partial charge on any atom is -0.547 e. The summed E-state index contributed by atoms with van der Waals surface area (Å²) in [6, 6.07) is 20.2. The molecular weight excluding hydrogens is 331 g/mol. The van der Waals surface area contributed by atoms with Crippen LogP contribution in [0.15, 0.2) is 60.7 Å². The van der Waals surface area contributed by atoms with Crippen molar-refractivity contribution in [2.45, 2.75) is 63.1 Å². The zero-order chi connectivity index (χ0) is 18.2. The van der Waals surface area contributed by atoms with Gasteiger partial charge in [-0.25, -0.2) is 0 Å². The Labute approximate surface area is 174 Å². The molecule has 1 heterocycles. The molecule has 3 rings (SSSR count). The smallest absolute Gasteiger partial charge is 0.547 e. The second-order valence-corrected chi connectivity index (χ2v) is 7.19. The quantitative estimate of drug-likeness (QED) is 0.345. The molecule has 0 aliphatic carbocycles. The Balaban J connectivity index is 0.00000261. The minimum atomic E-state index is -1.10. The van der Waals surface area contributed by atoms with E-state index in [2.05, 4.69) is 30.3 Å². The fourth-order valence-electron chi connectivity index (χ4n) is 3.66. The number of unbranched alkanes of at least 4 members (excludes halogenated alkanes) is 5. The second kappa shape index (κ2) is 10.7. The van der Waals surface area contributed by atoms with Crippen molar-refractivity contribution in [1.29, 1.82) is 0 Å². The van der Waals surface area contributed by atoms with E-state index >= 15 is 0 Å². The number of hydrogen-bond acceptors (Lipinski definition) is 3. The maximum absolute atomic E-state index is 11.6. The van der Waals surface area contributed by atoms with Crippen molar-refractivity contribution in [2.75, 3.05) is 0 Å². The number of epoxide rings is 1. The maximum atomic E-state index is 11.6. The van der Waals surface area contributed by atoms with E-state index in [1.807, 2.05) is 30.3 Å². The van der Waals surface area contributed by atoms with Gasteiger partial charge in [0.25, 0.3) is 0 Å². The van der Waals surface area contributed by atoms with Crippen LogP contribution in [0.25, 0.3) is 0 Å². The molecule has 1 aliphatic heterocycles. The van der Waals surface area contributed by atoms with Crippen molar-refractivity contribution in [3.63, 3.8) is 0 Å². The van der Waals surface area contributed by atoms with Gasteiger partial charge in [-0.1, -0.05) is 92.8 Å². The summed E-state index contributed by atoms with van der Waals surface area (Å²) in [5.74, 6) is -1.07. The van der Waals surface area contributed by atoms with Crippen LogP contribution in [0.1, 0.15) is 62.2 Å². The fourth-order valence-corrected chi connectivity index (χ4v) is 3.66. The van der Waals surface area contributed by atoms with E-state index in [9.17, 15) is 9.90 Å². The predicted octanol–water partition coefficient (Wildman–Crippen LogP) is 1.22. The van der Waals surface area contributed by atoms with Crippen molar-refractivity contribution in [2.24, 2.45) is 0 Å². The third-order valence-corrected chi connectivity index (χ3v) is 5.25. The van der Waals surface area contributed by atoms with E-state index in [-0.39, 0.29) is 25.0 Å². The Kier molecular flexibility index (Phi) is 8.63. The van der Waals surface area contributed by atoms with Crippen LogP contribution in [0.2, 0.25) is 0 Å². The first-order valence-electron chi connectivity index (χ1n) is 9.70. The van der Waals surface area contributed by atoms with Crippen LogP contribution in [-0.4, -0.2) is 11.6 Å². The van der Waals surface area contributed by atoms with Crippen molar-refractivity contribution in [3.8, 4) is 0 Å². The predicted molar refractivity (Wildman–Crippen MR) is 100 cm³/mol. The zero-order valence-electron chi connectivity index (χ0n) is 16.2. The molecular formula is C23H27LiO3. The number of ether oxygens (including phenoxy) is 1. The van der Waals surface area contributed by atoms with Gasteiger partial charge in [0, 0.05) is 0 Å². The number of carbonyl (C=O) groups is 1. The standard InChI is InChI=1S/C23H28O3.Li/c24-22(25)23(21(26-23)20-16-10-6-11-17-20)18-12-4-2-1-3-7-13-19-14-8-5-9-15-19;/h5-6,8-11,14-17,21H,1-4,7,12-13,18H2,(H,24,25);/q;+1/p-1. The number of carbonyl (C=O) groups excluding carboxylic acids is 1. The molecule has 1 fully saturated rings. The molecule has 0 amide bonds. The molecule has 2 aromatic carbocycles. The monoisotopic (exact) mass is 358 g/mol. The topological polar surface area (TPSA) is 52.7 Å². The van der Waals surface area contributed by atoms with E-state index in [1.165, 1.54) is 24.8 Å². The number of benzene rings is 2. The van der Waals surface area contributed by atoms with E-state index in [0.29, 0.717) is 6.42 Å². The van der Waals surface area contributed by atoms with Crippen LogP contribution >= 0.6 is 0 Å². The molecule has 1 saturated heterocycles. The average molecular weight is 358 g/mol. The molecule has 138 valence electrons. The molecule has 1 aliphatic rings. The van der Waals surface area contributed by atoms with Gasteiger partial charge < -0.3 is 14.6 Å². The van der Waals surface area contributed by atoms with Gasteiger partial charge in [-0.15, -0.1) is 0 Å². The third kappa shape index (κ3) is 5.97. The molecule has 2 atom stereocenters. The average Bonchev–Trinajstić information content (AvgIpc) is 3.42. The van der Waals surface area contributed by atoms with Gasteiger partial charge in [0.2, 0.25) is 0 Å². The third-order valence-electron chi connectivity index (χ3n) is 5.25. The molecule has 3 nitrogen and oxygen atoms in total. The Bertz CT molecular complexity index is 689. The number of aryl methyl sites for hydroxylation is 1. The summed E-state index contributed by atoms with van der Waals surface area (Å²) in [5, 5.41) is 11.6. The Morgan fingerprint density at radius 1 is 0.852 bits per heavy atom. The van der Waals surface area contributed by atoms with Crippen LogP contribution in [0.3, 0.4) is 0 Å². The molecule has 0 saturated carbocycles. The van der Waals surface area contributed by atoms with Crippen LogP contribution in [-0.2, 0) is 16.0 Å². The van der Waals surface area contributed by atoms with Gasteiger partial charge in [0.15, 0.2) is 0 Å². The van der Waals surface area contributed by atoms with E-state index < -0.39 is 11.6 Å². The maximum Gasteiger partial charge on any atom is 1.00 e. The fraction of sp³-hybridized carbons (Fsp3) is 0.435. The number of carboxylic acid groups (broad SMARTS) is 1. The van der Waals surface area contributed by atoms with Crippen molar-refractivity contribution in [1.82, 2.24) is 0 Å². The summed E-state index contributed by atoms with van der Waals surface area (Å²) in [7, 11) is 0. The Morgan fingerprint density at radius 2 is 1.41 bits per heavy atom. The molecule has 0 bridgehead atoms. The first kappa shape index (κ1) is 21.8. The first-order chi connectivity index (χ1) is 12.7. The summed E-state index contributed by atoms with van der Waals surface area (Å²) in [4.78, 5) is 11.6. The van der Waals surface area contributed by atoms with Gasteiger partial charge in [-0.2, -0.15) is 0 Å². The number of aliphatic carboxylic acids is 1. The second-order valence-electron chi connectivity index (χ2n) is 7.19. The first-order valence-corrected chi connectivity index (χ1v) is 9.70. The number of hydrogen-bond donors (Lipinski definition) is 0. The molecule has 27 heavy (non-hydrogen) atoms. The molecule has 4 heteroatoms. The minimum absolute atomic E-state index is 0. The molecule has 0 N–H and O–H groups in total. The SMILES string of the molecule is O=C([O-])C1(CCCCCCCCc2ccccc2)OC1c1ccccc1.[Li+]. The van der Waals surface area contributed by atoms with Gasteiger partial charge in [0.1, 0.15) is 11.7 Å². The Morgan fingerprint density at radius 3 is 2.04 bits per heavy atom. The Hall–Kier alpha value is -1.53. The van der Waals surface area contributed by atoms with E-state index in [1.54, 1.807) is 0 Å². The van der Waals surface area contributed by atoms with E-state index in [4.69, 9.17) is 4.74 Å². The van der Waals surface area contributed by atoms with Crippen LogP contribution in [0.5, 0.6) is 0 Å². The summed E-state index contributed by atoms with van der Waals surface area (Å²) < 4.78 is 5.58. The van der Waals surface area contributed by atoms with Crippen LogP contribution in [0.4, 0.5) is 0 Å². The summed E-state index contributed by atoms with van der Waals surface area (Å²) in [6.07, 6.45) is 8.04. The summed E-state index contributed by atoms with van der Waals surface area (Å²) in [5.41, 5.74) is 1.23. The van der Waals surface area contributed by atoms with Crippen LogP contribution < -0.4 is 24.0 Å². The van der Waals surface area contributed by atoms with Gasteiger partial charge >= 0.3 is 18.9 Å². The summed E-state index contributed by atoms with van der Waals surface area (Å²) >= 11 is 0. The van der Waals surface area contributed by atoms with Crippen LogP contribution in [0, 0.1) is 0 Å². The summed E-state index contributed by atoms with van der Waals surface area (Å²) in [6.45, 7) is 0. The van der Waals surface area contributed by atoms with Crippen molar-refractivity contribution < 1.29 is 33.5 Å². The number of carboxylic acids is 1. The van der Waals surface area contributed by atoms with Gasteiger partial charge in [-0.3, -0.25) is 0 Å². The molecule has 0 aromatic heterocycles. The van der Waals surface area contributed by atoms with E-state index in [0.717, 1.165) is 31.2 Å². The van der Waals surface area contributed by atoms with Gasteiger partial charge in [-0.05, 0) is 30.4 Å². The van der Waals surface area contributed by atoms with Gasteiger partial charge in [0.05, 0.1) is 5.97 Å². The van der Waals surface area contributed by atoms with Crippen molar-refractivity contribution >= 4 is 5.97 Å². The largest absolute Gasteiger partial charge is 1.00 e. The molecule has 0 radical (unpaired) electrons. The zero-order valence-corrected chi connectivity index (χ0v) is 16.2. The molecule has 0 spiro atoms. The van der Waals surface area contributed by atoms with Crippen molar-refractivity contribution in [3.05, 3.63) is 71.8 Å². The normalized spacial score (nSPS) is 20.7. The molecule has 2 aromatic rings.